The second kappa shape index (κ2) is 10.8. The van der Waals surface area contributed by atoms with E-state index in [1.165, 1.54) is 0 Å². The topological polar surface area (TPSA) is 78.5 Å². The third-order valence-corrected chi connectivity index (χ3v) is 7.66. The van der Waals surface area contributed by atoms with Crippen LogP contribution in [0.5, 0.6) is 5.75 Å². The molecule has 0 spiro atoms. The van der Waals surface area contributed by atoms with E-state index in [0.717, 1.165) is 46.9 Å². The summed E-state index contributed by atoms with van der Waals surface area (Å²) < 4.78 is 43.5. The smallest absolute Gasteiger partial charge is 0.282 e. The largest absolute Gasteiger partial charge is 0.748 e. The molecule has 0 aliphatic carbocycles. The second-order valence-electron chi connectivity index (χ2n) is 8.64. The maximum absolute atomic E-state index is 11.0. The first-order valence-corrected chi connectivity index (χ1v) is 14.2. The summed E-state index contributed by atoms with van der Waals surface area (Å²) in [6.07, 6.45) is 6.72. The van der Waals surface area contributed by atoms with Gasteiger partial charge in [0.2, 0.25) is 5.88 Å². The van der Waals surface area contributed by atoms with E-state index in [4.69, 9.17) is 27.9 Å². The number of hydrogen-bond acceptors (Lipinski definition) is 5. The summed E-state index contributed by atoms with van der Waals surface area (Å²) in [5, 5.41) is 1.32. The number of aromatic nitrogens is 2. The van der Waals surface area contributed by atoms with Crippen LogP contribution >= 0.6 is 23.2 Å². The highest BCUT2D eigenvalue weighted by molar-refractivity contribution is 7.85. The summed E-state index contributed by atoms with van der Waals surface area (Å²) in [6.45, 7) is 8.08. The minimum atomic E-state index is -4.23. The number of allylic oxidation sites excluding steroid dienone is 2. The van der Waals surface area contributed by atoms with E-state index in [1.807, 2.05) is 55.5 Å². The predicted octanol–water partition coefficient (Wildman–Crippen LogP) is 5.66. The lowest BCUT2D eigenvalue weighted by Crippen LogP contribution is -2.35. The molecule has 2 aromatic carbocycles. The Balaban J connectivity index is 1.68. The SMILES string of the molecule is CCN1/C(=C\C=C\c2n(CCCCS(=O)(=O)[O-])c3cc(Cl)ccc3[n+]2CC)Oc2cc(C)c(Cl)cc21. The standard InChI is InChI=1S/C26H29Cl2N3O4S/c1-4-29-21-12-11-19(27)16-22(21)31(13-6-7-14-36(32,33)34)25(29)9-8-10-26-30(5-2)23-17-20(28)18(3)15-24(23)35-26/h8-12,15-17H,4-7,13-14H2,1-3H3. The Morgan fingerprint density at radius 3 is 2.61 bits per heavy atom. The molecule has 0 saturated heterocycles. The molecule has 10 heteroatoms. The van der Waals surface area contributed by atoms with E-state index in [9.17, 15) is 13.0 Å². The number of benzene rings is 2. The molecule has 7 nitrogen and oxygen atoms in total. The van der Waals surface area contributed by atoms with Crippen molar-refractivity contribution in [3.05, 3.63) is 69.8 Å². The quantitative estimate of drug-likeness (QED) is 0.195. The van der Waals surface area contributed by atoms with Crippen molar-refractivity contribution in [3.63, 3.8) is 0 Å². The minimum Gasteiger partial charge on any atom is -0.748 e. The summed E-state index contributed by atoms with van der Waals surface area (Å²) in [4.78, 5) is 2.07. The van der Waals surface area contributed by atoms with Crippen LogP contribution in [0.3, 0.4) is 0 Å². The molecule has 0 saturated carbocycles. The molecule has 3 aromatic rings. The molecule has 2 heterocycles. The van der Waals surface area contributed by atoms with Gasteiger partial charge in [-0.05, 0) is 75.6 Å². The van der Waals surface area contributed by atoms with Crippen molar-refractivity contribution in [2.45, 2.75) is 46.7 Å². The Morgan fingerprint density at radius 2 is 1.92 bits per heavy atom. The fourth-order valence-electron chi connectivity index (χ4n) is 4.52. The number of fused-ring (bicyclic) bond motifs is 2. The van der Waals surface area contributed by atoms with Gasteiger partial charge in [0.1, 0.15) is 0 Å². The Hall–Kier alpha value is -2.52. The van der Waals surface area contributed by atoms with Gasteiger partial charge in [0, 0.05) is 34.5 Å². The zero-order chi connectivity index (χ0) is 26.0. The number of ether oxygens (including phenoxy) is 1. The van der Waals surface area contributed by atoms with Crippen LogP contribution in [-0.4, -0.2) is 29.8 Å². The van der Waals surface area contributed by atoms with Crippen molar-refractivity contribution in [2.24, 2.45) is 0 Å². The van der Waals surface area contributed by atoms with E-state index in [-0.39, 0.29) is 5.75 Å². The van der Waals surface area contributed by atoms with Crippen LogP contribution in [0.25, 0.3) is 17.1 Å². The monoisotopic (exact) mass is 549 g/mol. The summed E-state index contributed by atoms with van der Waals surface area (Å²) >= 11 is 12.6. The molecule has 0 unspecified atom stereocenters. The van der Waals surface area contributed by atoms with Gasteiger partial charge >= 0.3 is 0 Å². The van der Waals surface area contributed by atoms with E-state index < -0.39 is 10.1 Å². The van der Waals surface area contributed by atoms with Gasteiger partial charge in [-0.1, -0.05) is 23.2 Å². The normalized spacial score (nSPS) is 14.8. The van der Waals surface area contributed by atoms with Crippen LogP contribution in [0.4, 0.5) is 5.69 Å². The van der Waals surface area contributed by atoms with Crippen molar-refractivity contribution in [1.82, 2.24) is 4.57 Å². The zero-order valence-electron chi connectivity index (χ0n) is 20.5. The Kier molecular flexibility index (Phi) is 7.99. The zero-order valence-corrected chi connectivity index (χ0v) is 22.8. The van der Waals surface area contributed by atoms with E-state index in [0.29, 0.717) is 35.3 Å². The van der Waals surface area contributed by atoms with Crippen molar-refractivity contribution in [2.75, 3.05) is 17.2 Å². The van der Waals surface area contributed by atoms with Gasteiger partial charge in [-0.3, -0.25) is 0 Å². The maximum Gasteiger partial charge on any atom is 0.282 e. The molecule has 0 N–H and O–H groups in total. The Morgan fingerprint density at radius 1 is 1.14 bits per heavy atom. The van der Waals surface area contributed by atoms with Gasteiger partial charge in [0.15, 0.2) is 16.8 Å². The van der Waals surface area contributed by atoms with Crippen LogP contribution < -0.4 is 14.2 Å². The molecule has 0 fully saturated rings. The first-order valence-electron chi connectivity index (χ1n) is 11.9. The summed E-state index contributed by atoms with van der Waals surface area (Å²) in [5.41, 5.74) is 3.87. The van der Waals surface area contributed by atoms with Crippen LogP contribution in [0, 0.1) is 6.92 Å². The molecule has 192 valence electrons. The molecule has 0 amide bonds. The average molecular weight is 551 g/mol. The van der Waals surface area contributed by atoms with Gasteiger partial charge in [-0.15, -0.1) is 0 Å². The number of imidazole rings is 1. The van der Waals surface area contributed by atoms with Crippen LogP contribution in [0.1, 0.15) is 38.1 Å². The molecular weight excluding hydrogens is 521 g/mol. The number of anilines is 1. The lowest BCUT2D eigenvalue weighted by molar-refractivity contribution is -0.670. The molecule has 1 aliphatic rings. The van der Waals surface area contributed by atoms with Crippen LogP contribution in [0.15, 0.2) is 48.4 Å². The molecule has 36 heavy (non-hydrogen) atoms. The third-order valence-electron chi connectivity index (χ3n) is 6.23. The van der Waals surface area contributed by atoms with Gasteiger partial charge < -0.3 is 14.2 Å². The van der Waals surface area contributed by atoms with Crippen LogP contribution in [-0.2, 0) is 23.2 Å². The fourth-order valence-corrected chi connectivity index (χ4v) is 5.40. The van der Waals surface area contributed by atoms with Crippen molar-refractivity contribution < 1.29 is 22.3 Å². The van der Waals surface area contributed by atoms with Gasteiger partial charge in [-0.2, -0.15) is 0 Å². The summed E-state index contributed by atoms with van der Waals surface area (Å²) in [7, 11) is -4.23. The molecular formula is C26H29Cl2N3O4S. The fraction of sp³-hybridized carbons (Fsp3) is 0.346. The van der Waals surface area contributed by atoms with E-state index in [2.05, 4.69) is 27.9 Å². The van der Waals surface area contributed by atoms with E-state index in [1.54, 1.807) is 0 Å². The predicted molar refractivity (Wildman–Crippen MR) is 144 cm³/mol. The average Bonchev–Trinajstić information content (AvgIpc) is 3.29. The first-order chi connectivity index (χ1) is 17.1. The van der Waals surface area contributed by atoms with Gasteiger partial charge in [-0.25, -0.2) is 17.6 Å². The van der Waals surface area contributed by atoms with Crippen molar-refractivity contribution >= 4 is 56.1 Å². The minimum absolute atomic E-state index is 0.297. The van der Waals surface area contributed by atoms with Gasteiger partial charge in [0.05, 0.1) is 28.9 Å². The number of nitrogens with zero attached hydrogens (tertiary/aromatic N) is 3. The lowest BCUT2D eigenvalue weighted by atomic mass is 10.2. The summed E-state index contributed by atoms with van der Waals surface area (Å²) in [5.74, 6) is 2.06. The second-order valence-corrected chi connectivity index (χ2v) is 11.0. The lowest BCUT2D eigenvalue weighted by Gasteiger charge is -2.15. The first kappa shape index (κ1) is 26.5. The maximum atomic E-state index is 11.0. The molecule has 0 radical (unpaired) electrons. The number of aryl methyl sites for hydroxylation is 3. The molecule has 4 rings (SSSR count). The van der Waals surface area contributed by atoms with E-state index >= 15 is 0 Å². The van der Waals surface area contributed by atoms with Crippen molar-refractivity contribution in [3.8, 4) is 5.75 Å². The highest BCUT2D eigenvalue weighted by atomic mass is 35.5. The Labute approximate surface area is 221 Å². The number of hydrogen-bond donors (Lipinski definition) is 0. The molecule has 1 aliphatic heterocycles. The number of unbranched alkanes of at least 4 members (excludes halogenated alkanes) is 1. The van der Waals surface area contributed by atoms with Crippen LogP contribution in [0.2, 0.25) is 10.0 Å². The molecule has 0 atom stereocenters. The van der Waals surface area contributed by atoms with Crippen molar-refractivity contribution in [1.29, 1.82) is 0 Å². The molecule has 1 aromatic heterocycles. The number of rotatable bonds is 9. The summed E-state index contributed by atoms with van der Waals surface area (Å²) in [6, 6.07) is 9.62. The van der Waals surface area contributed by atoms with Gasteiger partial charge in [0.25, 0.3) is 5.82 Å². The third kappa shape index (κ3) is 5.57. The highest BCUT2D eigenvalue weighted by Crippen LogP contribution is 2.41. The highest BCUT2D eigenvalue weighted by Gasteiger charge is 2.26. The molecule has 0 bridgehead atoms. The number of halogens is 2. The Bertz CT molecular complexity index is 1460.